The first-order valence-corrected chi connectivity index (χ1v) is 9.58. The number of halogens is 1. The van der Waals surface area contributed by atoms with Gasteiger partial charge in [-0.2, -0.15) is 0 Å². The smallest absolute Gasteiger partial charge is 0.132 e. The number of para-hydroxylation sites is 1. The van der Waals surface area contributed by atoms with E-state index in [0.29, 0.717) is 18.1 Å². The normalized spacial score (nSPS) is 28.8. The maximum absolute atomic E-state index is 6.27. The summed E-state index contributed by atoms with van der Waals surface area (Å²) in [5, 5.41) is 0.783. The summed E-state index contributed by atoms with van der Waals surface area (Å²) >= 11 is 6.27. The Hall–Kier alpha value is -1.55. The molecule has 5 rings (SSSR count). The molecule has 3 nitrogen and oxygen atoms in total. The van der Waals surface area contributed by atoms with Gasteiger partial charge in [-0.25, -0.2) is 0 Å². The van der Waals surface area contributed by atoms with Gasteiger partial charge in [0.15, 0.2) is 0 Å². The van der Waals surface area contributed by atoms with Gasteiger partial charge in [0, 0.05) is 41.8 Å². The molecule has 4 heteroatoms. The Balaban J connectivity index is 1.56. The van der Waals surface area contributed by atoms with E-state index in [4.69, 9.17) is 16.3 Å². The lowest BCUT2D eigenvalue weighted by Crippen LogP contribution is -2.53. The zero-order chi connectivity index (χ0) is 17.0. The predicted molar refractivity (Wildman–Crippen MR) is 101 cm³/mol. The minimum atomic E-state index is 0.354. The van der Waals surface area contributed by atoms with Crippen LogP contribution in [0.25, 0.3) is 0 Å². The van der Waals surface area contributed by atoms with Crippen LogP contribution in [-0.4, -0.2) is 42.0 Å². The molecule has 0 saturated carbocycles. The molecule has 0 radical (unpaired) electrons. The maximum Gasteiger partial charge on any atom is 0.132 e. The molecular formula is C21H23ClN2O. The maximum atomic E-state index is 6.27. The molecule has 2 aromatic carbocycles. The topological polar surface area (TPSA) is 15.7 Å². The van der Waals surface area contributed by atoms with E-state index in [1.165, 1.54) is 24.0 Å². The fourth-order valence-electron chi connectivity index (χ4n) is 4.82. The van der Waals surface area contributed by atoms with Crippen molar-refractivity contribution in [1.82, 2.24) is 9.80 Å². The van der Waals surface area contributed by atoms with Crippen LogP contribution in [0.5, 0.6) is 11.5 Å². The lowest BCUT2D eigenvalue weighted by molar-refractivity contribution is 0.0573. The molecule has 3 aliphatic heterocycles. The summed E-state index contributed by atoms with van der Waals surface area (Å²) in [6.07, 6.45) is 3.60. The number of piperazine rings is 1. The van der Waals surface area contributed by atoms with Gasteiger partial charge in [0.05, 0.1) is 0 Å². The summed E-state index contributed by atoms with van der Waals surface area (Å²) in [6, 6.07) is 16.2. The number of benzene rings is 2. The van der Waals surface area contributed by atoms with Gasteiger partial charge in [0.25, 0.3) is 0 Å². The van der Waals surface area contributed by atoms with Crippen molar-refractivity contribution >= 4 is 11.6 Å². The first-order chi connectivity index (χ1) is 12.2. The summed E-state index contributed by atoms with van der Waals surface area (Å²) in [5.74, 6) is 1.93. The van der Waals surface area contributed by atoms with Gasteiger partial charge in [-0.1, -0.05) is 29.8 Å². The minimum Gasteiger partial charge on any atom is -0.457 e. The number of fused-ring (bicyclic) bond motifs is 4. The number of likely N-dealkylation sites (N-methyl/N-ethyl adjacent to an activating group) is 1. The molecule has 3 aliphatic rings. The Labute approximate surface area is 154 Å². The zero-order valence-corrected chi connectivity index (χ0v) is 15.2. The molecule has 3 atom stereocenters. The third-order valence-electron chi connectivity index (χ3n) is 6.25. The molecule has 3 unspecified atom stereocenters. The number of ether oxygens (including phenoxy) is 1. The molecule has 2 bridgehead atoms. The van der Waals surface area contributed by atoms with E-state index >= 15 is 0 Å². The molecule has 0 spiro atoms. The van der Waals surface area contributed by atoms with Crippen molar-refractivity contribution in [3.05, 3.63) is 58.6 Å². The van der Waals surface area contributed by atoms with Crippen LogP contribution in [0, 0.1) is 0 Å². The highest BCUT2D eigenvalue weighted by molar-refractivity contribution is 6.30. The fraction of sp³-hybridized carbons (Fsp3) is 0.429. The molecule has 0 aromatic heterocycles. The second-order valence-electron chi connectivity index (χ2n) is 7.62. The van der Waals surface area contributed by atoms with Crippen molar-refractivity contribution in [2.45, 2.75) is 37.4 Å². The van der Waals surface area contributed by atoms with Crippen molar-refractivity contribution in [2.75, 3.05) is 20.1 Å². The molecule has 0 N–H and O–H groups in total. The molecule has 3 heterocycles. The van der Waals surface area contributed by atoms with Gasteiger partial charge in [-0.15, -0.1) is 0 Å². The van der Waals surface area contributed by atoms with E-state index < -0.39 is 0 Å². The Morgan fingerprint density at radius 1 is 1.00 bits per heavy atom. The quantitative estimate of drug-likeness (QED) is 0.749. The fourth-order valence-corrected chi connectivity index (χ4v) is 5.01. The Bertz CT molecular complexity index is 794. The number of rotatable bonds is 1. The van der Waals surface area contributed by atoms with Crippen LogP contribution < -0.4 is 4.74 Å². The molecular weight excluding hydrogens is 332 g/mol. The number of hydrogen-bond acceptors (Lipinski definition) is 3. The van der Waals surface area contributed by atoms with Gasteiger partial charge in [0.2, 0.25) is 0 Å². The van der Waals surface area contributed by atoms with Crippen molar-refractivity contribution in [2.24, 2.45) is 0 Å². The average Bonchev–Trinajstić information content (AvgIpc) is 2.81. The first kappa shape index (κ1) is 15.7. The van der Waals surface area contributed by atoms with E-state index in [0.717, 1.165) is 36.0 Å². The molecule has 130 valence electrons. The highest BCUT2D eigenvalue weighted by Crippen LogP contribution is 2.43. The zero-order valence-electron chi connectivity index (χ0n) is 14.5. The summed E-state index contributed by atoms with van der Waals surface area (Å²) in [5.41, 5.74) is 2.51. The van der Waals surface area contributed by atoms with Gasteiger partial charge in [-0.05, 0) is 56.1 Å². The second-order valence-corrected chi connectivity index (χ2v) is 8.05. The molecule has 2 fully saturated rings. The van der Waals surface area contributed by atoms with Crippen molar-refractivity contribution in [3.8, 4) is 11.5 Å². The Kier molecular flexibility index (Phi) is 3.77. The van der Waals surface area contributed by atoms with Gasteiger partial charge < -0.3 is 4.74 Å². The highest BCUT2D eigenvalue weighted by Gasteiger charge is 2.41. The Morgan fingerprint density at radius 2 is 1.76 bits per heavy atom. The number of hydrogen-bond donors (Lipinski definition) is 0. The first-order valence-electron chi connectivity index (χ1n) is 9.20. The SMILES string of the molecule is CN1C2CCC1CN(C1Cc3cc(Cl)ccc3Oc3ccccc31)C2. The largest absolute Gasteiger partial charge is 0.457 e. The monoisotopic (exact) mass is 354 g/mol. The predicted octanol–water partition coefficient (Wildman–Crippen LogP) is 4.51. The molecule has 25 heavy (non-hydrogen) atoms. The average molecular weight is 355 g/mol. The van der Waals surface area contributed by atoms with Crippen molar-refractivity contribution in [1.29, 1.82) is 0 Å². The van der Waals surface area contributed by atoms with Gasteiger partial charge in [-0.3, -0.25) is 9.80 Å². The van der Waals surface area contributed by atoms with Crippen LogP contribution in [0.2, 0.25) is 5.02 Å². The van der Waals surface area contributed by atoms with Crippen molar-refractivity contribution in [3.63, 3.8) is 0 Å². The Morgan fingerprint density at radius 3 is 2.56 bits per heavy atom. The third kappa shape index (κ3) is 2.66. The van der Waals surface area contributed by atoms with E-state index in [2.05, 4.69) is 47.2 Å². The van der Waals surface area contributed by atoms with E-state index in [1.807, 2.05) is 12.1 Å². The molecule has 2 aromatic rings. The molecule has 0 amide bonds. The number of nitrogens with zero attached hydrogens (tertiary/aromatic N) is 2. The van der Waals surface area contributed by atoms with Crippen LogP contribution in [-0.2, 0) is 6.42 Å². The summed E-state index contributed by atoms with van der Waals surface area (Å²) < 4.78 is 6.27. The standard InChI is InChI=1S/C21H23ClN2O/c1-23-16-7-8-17(23)13-24(12-16)19-11-14-10-15(22)6-9-20(14)25-21-5-3-2-4-18(19)21/h2-6,9-10,16-17,19H,7-8,11-13H2,1H3. The van der Waals surface area contributed by atoms with E-state index in [1.54, 1.807) is 0 Å². The third-order valence-corrected chi connectivity index (χ3v) is 6.49. The van der Waals surface area contributed by atoms with Crippen molar-refractivity contribution < 1.29 is 4.74 Å². The summed E-state index contributed by atoms with van der Waals surface area (Å²) in [7, 11) is 2.29. The highest BCUT2D eigenvalue weighted by atomic mass is 35.5. The molecule has 2 saturated heterocycles. The number of likely N-dealkylation sites (tertiary alicyclic amines) is 1. The second kappa shape index (κ2) is 6.01. The van der Waals surface area contributed by atoms with E-state index in [-0.39, 0.29) is 0 Å². The van der Waals surface area contributed by atoms with Crippen LogP contribution >= 0.6 is 11.6 Å². The minimum absolute atomic E-state index is 0.354. The lowest BCUT2D eigenvalue weighted by Gasteiger charge is -2.42. The van der Waals surface area contributed by atoms with Crippen LogP contribution in [0.3, 0.4) is 0 Å². The van der Waals surface area contributed by atoms with Gasteiger partial charge in [0.1, 0.15) is 11.5 Å². The van der Waals surface area contributed by atoms with Crippen LogP contribution in [0.15, 0.2) is 42.5 Å². The summed E-state index contributed by atoms with van der Waals surface area (Å²) in [6.45, 7) is 2.28. The van der Waals surface area contributed by atoms with Crippen LogP contribution in [0.4, 0.5) is 0 Å². The molecule has 0 aliphatic carbocycles. The lowest BCUT2D eigenvalue weighted by atomic mass is 9.96. The van der Waals surface area contributed by atoms with Gasteiger partial charge >= 0.3 is 0 Å². The van der Waals surface area contributed by atoms with Crippen LogP contribution in [0.1, 0.15) is 30.0 Å². The summed E-state index contributed by atoms with van der Waals surface area (Å²) in [4.78, 5) is 5.26. The van der Waals surface area contributed by atoms with E-state index in [9.17, 15) is 0 Å².